The van der Waals surface area contributed by atoms with Crippen molar-refractivity contribution >= 4 is 21.8 Å². The molecule has 1 saturated carbocycles. The monoisotopic (exact) mass is 315 g/mol. The van der Waals surface area contributed by atoms with Gasteiger partial charge in [-0.15, -0.1) is 0 Å². The van der Waals surface area contributed by atoms with Gasteiger partial charge in [-0.05, 0) is 42.7 Å². The van der Waals surface area contributed by atoms with Gasteiger partial charge in [-0.3, -0.25) is 4.79 Å². The van der Waals surface area contributed by atoms with Crippen molar-refractivity contribution in [1.29, 1.82) is 0 Å². The molecule has 0 unspecified atom stereocenters. The van der Waals surface area contributed by atoms with Gasteiger partial charge in [0.15, 0.2) is 0 Å². The van der Waals surface area contributed by atoms with Crippen molar-refractivity contribution in [1.82, 2.24) is 5.32 Å². The number of amides is 1. The molecule has 0 heterocycles. The van der Waals surface area contributed by atoms with Crippen LogP contribution in [0.2, 0.25) is 0 Å². The second-order valence-electron chi connectivity index (χ2n) is 4.91. The van der Waals surface area contributed by atoms with E-state index >= 15 is 0 Å². The van der Waals surface area contributed by atoms with Gasteiger partial charge in [-0.1, -0.05) is 46.3 Å². The SMILES string of the molecule is O=C(NC1(c2ccccc2)CC1)c1ccc(Br)cc1. The molecule has 19 heavy (non-hydrogen) atoms. The van der Waals surface area contributed by atoms with Crippen LogP contribution in [0.15, 0.2) is 59.1 Å². The zero-order valence-electron chi connectivity index (χ0n) is 10.4. The normalized spacial score (nSPS) is 15.8. The molecule has 2 aromatic carbocycles. The van der Waals surface area contributed by atoms with Gasteiger partial charge < -0.3 is 5.32 Å². The molecular formula is C16H14BrNO. The fourth-order valence-electron chi connectivity index (χ4n) is 2.26. The lowest BCUT2D eigenvalue weighted by molar-refractivity contribution is 0.0931. The minimum Gasteiger partial charge on any atom is -0.343 e. The molecule has 1 amide bonds. The maximum atomic E-state index is 12.3. The standard InChI is InChI=1S/C16H14BrNO/c17-14-8-6-12(7-9-14)15(19)18-16(10-11-16)13-4-2-1-3-5-13/h1-9H,10-11H2,(H,18,19). The Morgan fingerprint density at radius 1 is 1.00 bits per heavy atom. The van der Waals surface area contributed by atoms with Crippen molar-refractivity contribution in [2.24, 2.45) is 0 Å². The fourth-order valence-corrected chi connectivity index (χ4v) is 2.52. The van der Waals surface area contributed by atoms with Gasteiger partial charge in [0.05, 0.1) is 5.54 Å². The van der Waals surface area contributed by atoms with Gasteiger partial charge in [-0.2, -0.15) is 0 Å². The number of carbonyl (C=O) groups excluding carboxylic acids is 1. The number of halogens is 1. The summed E-state index contributed by atoms with van der Waals surface area (Å²) in [7, 11) is 0. The number of hydrogen-bond donors (Lipinski definition) is 1. The summed E-state index contributed by atoms with van der Waals surface area (Å²) in [4.78, 5) is 12.3. The van der Waals surface area contributed by atoms with Crippen molar-refractivity contribution in [2.75, 3.05) is 0 Å². The predicted molar refractivity (Wildman–Crippen MR) is 79.0 cm³/mol. The first kappa shape index (κ1) is 12.4. The fraction of sp³-hybridized carbons (Fsp3) is 0.188. The van der Waals surface area contributed by atoms with E-state index in [9.17, 15) is 4.79 Å². The number of rotatable bonds is 3. The van der Waals surface area contributed by atoms with Crippen LogP contribution >= 0.6 is 15.9 Å². The lowest BCUT2D eigenvalue weighted by atomic mass is 10.0. The number of nitrogens with one attached hydrogen (secondary N) is 1. The third-order valence-electron chi connectivity index (χ3n) is 3.54. The van der Waals surface area contributed by atoms with E-state index in [1.54, 1.807) is 0 Å². The molecule has 1 aliphatic carbocycles. The minimum atomic E-state index is -0.147. The largest absolute Gasteiger partial charge is 0.343 e. The quantitative estimate of drug-likeness (QED) is 0.915. The Morgan fingerprint density at radius 2 is 1.63 bits per heavy atom. The third kappa shape index (κ3) is 2.56. The predicted octanol–water partition coefficient (Wildman–Crippen LogP) is 3.87. The summed E-state index contributed by atoms with van der Waals surface area (Å²) in [6, 6.07) is 17.6. The molecule has 0 saturated heterocycles. The lowest BCUT2D eigenvalue weighted by Gasteiger charge is -2.18. The number of benzene rings is 2. The van der Waals surface area contributed by atoms with Crippen molar-refractivity contribution in [3.05, 3.63) is 70.2 Å². The molecule has 2 nitrogen and oxygen atoms in total. The highest BCUT2D eigenvalue weighted by atomic mass is 79.9. The summed E-state index contributed by atoms with van der Waals surface area (Å²) in [5.41, 5.74) is 1.75. The topological polar surface area (TPSA) is 29.1 Å². The highest BCUT2D eigenvalue weighted by Crippen LogP contribution is 2.45. The average molecular weight is 316 g/mol. The smallest absolute Gasteiger partial charge is 0.251 e. The van der Waals surface area contributed by atoms with Crippen LogP contribution in [0.5, 0.6) is 0 Å². The Kier molecular flexibility index (Phi) is 3.15. The van der Waals surface area contributed by atoms with Crippen LogP contribution < -0.4 is 5.32 Å². The molecule has 0 aromatic heterocycles. The first-order valence-corrected chi connectivity index (χ1v) is 7.13. The van der Waals surface area contributed by atoms with Crippen LogP contribution in [-0.4, -0.2) is 5.91 Å². The minimum absolute atomic E-state index is 0.00569. The summed E-state index contributed by atoms with van der Waals surface area (Å²) in [6.45, 7) is 0. The van der Waals surface area contributed by atoms with E-state index in [0.717, 1.165) is 17.3 Å². The van der Waals surface area contributed by atoms with Crippen molar-refractivity contribution < 1.29 is 4.79 Å². The van der Waals surface area contributed by atoms with Gasteiger partial charge in [0.1, 0.15) is 0 Å². The van der Waals surface area contributed by atoms with Gasteiger partial charge in [0.2, 0.25) is 0 Å². The van der Waals surface area contributed by atoms with Crippen molar-refractivity contribution in [2.45, 2.75) is 18.4 Å². The van der Waals surface area contributed by atoms with Crippen molar-refractivity contribution in [3.8, 4) is 0 Å². The van der Waals surface area contributed by atoms with Crippen LogP contribution in [0.25, 0.3) is 0 Å². The van der Waals surface area contributed by atoms with Crippen LogP contribution in [-0.2, 0) is 5.54 Å². The Balaban J connectivity index is 1.78. The van der Waals surface area contributed by atoms with Crippen LogP contribution in [0.4, 0.5) is 0 Å². The molecule has 96 valence electrons. The van der Waals surface area contributed by atoms with E-state index in [-0.39, 0.29) is 11.4 Å². The van der Waals surface area contributed by atoms with E-state index in [2.05, 4.69) is 33.4 Å². The third-order valence-corrected chi connectivity index (χ3v) is 4.06. The zero-order valence-corrected chi connectivity index (χ0v) is 12.0. The van der Waals surface area contributed by atoms with E-state index in [1.807, 2.05) is 42.5 Å². The van der Waals surface area contributed by atoms with Gasteiger partial charge in [-0.25, -0.2) is 0 Å². The van der Waals surface area contributed by atoms with Crippen LogP contribution in [0, 0.1) is 0 Å². The van der Waals surface area contributed by atoms with E-state index < -0.39 is 0 Å². The molecule has 0 radical (unpaired) electrons. The molecule has 0 spiro atoms. The van der Waals surface area contributed by atoms with Gasteiger partial charge in [0.25, 0.3) is 5.91 Å². The second-order valence-corrected chi connectivity index (χ2v) is 5.82. The number of carbonyl (C=O) groups is 1. The molecule has 1 aliphatic rings. The molecule has 1 N–H and O–H groups in total. The number of hydrogen-bond acceptors (Lipinski definition) is 1. The Bertz CT molecular complexity index is 588. The molecule has 0 atom stereocenters. The Labute approximate surface area is 121 Å². The zero-order chi connectivity index (χ0) is 13.3. The second kappa shape index (κ2) is 4.82. The molecule has 3 heteroatoms. The summed E-state index contributed by atoms with van der Waals surface area (Å²) >= 11 is 3.37. The molecule has 1 fully saturated rings. The summed E-state index contributed by atoms with van der Waals surface area (Å²) in [6.07, 6.45) is 2.03. The highest BCUT2D eigenvalue weighted by Gasteiger charge is 2.45. The van der Waals surface area contributed by atoms with Gasteiger partial charge >= 0.3 is 0 Å². The maximum Gasteiger partial charge on any atom is 0.251 e. The first-order valence-electron chi connectivity index (χ1n) is 6.33. The maximum absolute atomic E-state index is 12.3. The van der Waals surface area contributed by atoms with E-state index in [4.69, 9.17) is 0 Å². The summed E-state index contributed by atoms with van der Waals surface area (Å²) in [5, 5.41) is 3.17. The Morgan fingerprint density at radius 3 is 2.21 bits per heavy atom. The van der Waals surface area contributed by atoms with Crippen molar-refractivity contribution in [3.63, 3.8) is 0 Å². The molecular weight excluding hydrogens is 302 g/mol. The molecule has 2 aromatic rings. The highest BCUT2D eigenvalue weighted by molar-refractivity contribution is 9.10. The summed E-state index contributed by atoms with van der Waals surface area (Å²) in [5.74, 6) is -0.00569. The van der Waals surface area contributed by atoms with Crippen LogP contribution in [0.1, 0.15) is 28.8 Å². The van der Waals surface area contributed by atoms with Crippen LogP contribution in [0.3, 0.4) is 0 Å². The molecule has 0 aliphatic heterocycles. The summed E-state index contributed by atoms with van der Waals surface area (Å²) < 4.78 is 0.980. The average Bonchev–Trinajstić information content (AvgIpc) is 3.21. The lowest BCUT2D eigenvalue weighted by Crippen LogP contribution is -2.34. The van der Waals surface area contributed by atoms with E-state index in [0.29, 0.717) is 5.56 Å². The van der Waals surface area contributed by atoms with E-state index in [1.165, 1.54) is 5.56 Å². The molecule has 0 bridgehead atoms. The molecule has 3 rings (SSSR count). The van der Waals surface area contributed by atoms with Gasteiger partial charge in [0, 0.05) is 10.0 Å². The Hall–Kier alpha value is -1.61. The first-order chi connectivity index (χ1) is 9.20.